The number of aliphatic hydroxyl groups excluding tert-OH is 4. The Morgan fingerprint density at radius 2 is 1.87 bits per heavy atom. The van der Waals surface area contributed by atoms with E-state index in [1.165, 1.54) is 30.3 Å². The molecule has 0 bridgehead atoms. The van der Waals surface area contributed by atoms with E-state index < -0.39 is 54.2 Å². The zero-order valence-corrected chi connectivity index (χ0v) is 34.2. The summed E-state index contributed by atoms with van der Waals surface area (Å²) >= 11 is 0. The van der Waals surface area contributed by atoms with Gasteiger partial charge in [0.25, 0.3) is 0 Å². The lowest BCUT2D eigenvalue weighted by molar-refractivity contribution is -0.371. The van der Waals surface area contributed by atoms with Gasteiger partial charge in [-0.15, -0.1) is 0 Å². The SMILES string of the molecule is CCC1C2=CC=NC2=CN1c1c2c(cc3c(=O)cc(C)oc13)C[C@@H](OOC[C@@](O)(Cc1ccc(O)cc1)[C@@H](O)[C@H](O)[C@H](O)CO)[C@@](C)(CC[C@H]1CNC(=O)C13CCCC3)O2. The van der Waals surface area contributed by atoms with Crippen molar-refractivity contribution in [2.75, 3.05) is 24.7 Å². The topological polar surface area (TPSA) is 224 Å². The summed E-state index contributed by atoms with van der Waals surface area (Å²) in [6, 6.07) is 8.95. The number of amides is 1. The van der Waals surface area contributed by atoms with Crippen molar-refractivity contribution >= 4 is 28.8 Å². The van der Waals surface area contributed by atoms with Crippen molar-refractivity contribution in [2.24, 2.45) is 16.3 Å². The van der Waals surface area contributed by atoms with Crippen molar-refractivity contribution < 1.29 is 54.4 Å². The second-order valence-corrected chi connectivity index (χ2v) is 17.5. The van der Waals surface area contributed by atoms with E-state index in [4.69, 9.17) is 18.9 Å². The molecule has 60 heavy (non-hydrogen) atoms. The number of carbonyl (C=O) groups is 1. The zero-order valence-electron chi connectivity index (χ0n) is 34.2. The third-order valence-corrected chi connectivity index (χ3v) is 13.6. The van der Waals surface area contributed by atoms with Gasteiger partial charge >= 0.3 is 0 Å². The Balaban J connectivity index is 1.17. The van der Waals surface area contributed by atoms with Crippen molar-refractivity contribution in [2.45, 2.75) is 120 Å². The number of nitrogens with one attached hydrogen (secondary N) is 1. The van der Waals surface area contributed by atoms with Gasteiger partial charge in [-0.1, -0.05) is 31.9 Å². The van der Waals surface area contributed by atoms with Crippen molar-refractivity contribution in [1.29, 1.82) is 0 Å². The standard InChI is InChI=1S/C45H55N3O12/c1-4-33-30-12-16-46-32(30)22-48(33)37-39-27(18-31-34(51)17-25(2)58-40(31)37)19-36(43(3,59-39)15-11-28-21-47-42(55)44(28)13-5-6-14-44)60-57-24-45(56,41(54)38(53)35(52)23-49)20-26-7-9-29(50)10-8-26/h7-10,12,16-18,22,28,33,35-36,38,41,49-50,52-54,56H,4-6,11,13-15,19-21,23-24H2,1-3H3,(H,47,55)/t28-,33?,35+,36+,38+,41-,43+,45-/m0/s1. The Morgan fingerprint density at radius 3 is 2.58 bits per heavy atom. The molecule has 0 radical (unpaired) electrons. The first-order chi connectivity index (χ1) is 28.7. The van der Waals surface area contributed by atoms with Gasteiger partial charge < -0.3 is 50.0 Å². The lowest BCUT2D eigenvalue weighted by Crippen LogP contribution is -2.58. The number of hydrogen-bond donors (Lipinski definition) is 7. The summed E-state index contributed by atoms with van der Waals surface area (Å²) in [4.78, 5) is 45.7. The first-order valence-electron chi connectivity index (χ1n) is 21.0. The molecule has 1 aromatic heterocycles. The van der Waals surface area contributed by atoms with Gasteiger partial charge in [-0.05, 0) is 81.7 Å². The number of carbonyl (C=O) groups excluding carboxylic acids is 1. The van der Waals surface area contributed by atoms with Crippen LogP contribution in [0.1, 0.15) is 75.7 Å². The van der Waals surface area contributed by atoms with E-state index in [1.54, 1.807) is 19.2 Å². The highest BCUT2D eigenvalue weighted by molar-refractivity contribution is 5.96. The van der Waals surface area contributed by atoms with Gasteiger partial charge in [0.15, 0.2) is 16.8 Å². The van der Waals surface area contributed by atoms with Gasteiger partial charge in [-0.25, -0.2) is 9.78 Å². The van der Waals surface area contributed by atoms with Gasteiger partial charge in [0.2, 0.25) is 5.91 Å². The number of fused-ring (bicyclic) bond motifs is 3. The first kappa shape index (κ1) is 42.1. The molecule has 2 aromatic carbocycles. The van der Waals surface area contributed by atoms with E-state index in [-0.39, 0.29) is 41.9 Å². The van der Waals surface area contributed by atoms with Crippen LogP contribution in [0.5, 0.6) is 11.5 Å². The molecular weight excluding hydrogens is 775 g/mol. The molecule has 1 saturated carbocycles. The minimum Gasteiger partial charge on any atom is -0.508 e. The van der Waals surface area contributed by atoms with E-state index in [1.807, 2.05) is 19.2 Å². The lowest BCUT2D eigenvalue weighted by atomic mass is 9.72. The van der Waals surface area contributed by atoms with E-state index in [0.29, 0.717) is 58.7 Å². The highest BCUT2D eigenvalue weighted by Gasteiger charge is 2.53. The first-order valence-corrected chi connectivity index (χ1v) is 21.0. The van der Waals surface area contributed by atoms with Crippen LogP contribution in [0.25, 0.3) is 11.0 Å². The van der Waals surface area contributed by atoms with E-state index in [2.05, 4.69) is 22.1 Å². The zero-order chi connectivity index (χ0) is 42.6. The molecule has 15 nitrogen and oxygen atoms in total. The van der Waals surface area contributed by atoms with Crippen LogP contribution < -0.4 is 20.4 Å². The summed E-state index contributed by atoms with van der Waals surface area (Å²) in [5.74, 6) is 1.08. The molecule has 1 saturated heterocycles. The molecule has 7 N–H and O–H groups in total. The molecule has 4 aliphatic heterocycles. The van der Waals surface area contributed by atoms with Crippen molar-refractivity contribution in [1.82, 2.24) is 5.32 Å². The second-order valence-electron chi connectivity index (χ2n) is 17.5. The van der Waals surface area contributed by atoms with Gasteiger partial charge in [0.1, 0.15) is 59.4 Å². The molecule has 15 heteroatoms. The monoisotopic (exact) mass is 829 g/mol. The fourth-order valence-electron chi connectivity index (χ4n) is 10.1. The summed E-state index contributed by atoms with van der Waals surface area (Å²) in [6.07, 6.45) is 4.36. The highest BCUT2D eigenvalue weighted by Crippen LogP contribution is 2.53. The minimum atomic E-state index is -2.27. The van der Waals surface area contributed by atoms with Crippen LogP contribution in [-0.4, -0.2) is 104 Å². The molecular formula is C45H55N3O12. The number of nitrogens with zero attached hydrogens (tertiary/aromatic N) is 2. The third-order valence-electron chi connectivity index (χ3n) is 13.6. The maximum atomic E-state index is 13.7. The Kier molecular flexibility index (Phi) is 11.5. The van der Waals surface area contributed by atoms with Crippen molar-refractivity contribution in [3.05, 3.63) is 87.1 Å². The normalized spacial score (nSPS) is 26.6. The number of benzene rings is 2. The molecule has 8 atom stereocenters. The number of aliphatic imine (C=N–C) groups is 1. The Labute approximate surface area is 347 Å². The quantitative estimate of drug-likeness (QED) is 0.0863. The highest BCUT2D eigenvalue weighted by atomic mass is 17.2. The fraction of sp³-hybridized carbons (Fsp3) is 0.533. The van der Waals surface area contributed by atoms with Crippen LogP contribution in [0, 0.1) is 18.3 Å². The summed E-state index contributed by atoms with van der Waals surface area (Å²) < 4.78 is 13.6. The Hall–Kier alpha value is -4.61. The molecule has 322 valence electrons. The predicted molar refractivity (Wildman–Crippen MR) is 221 cm³/mol. The number of phenolic OH excluding ortho intramolecular Hbond substituents is 1. The van der Waals surface area contributed by atoms with Gasteiger partial charge in [0.05, 0.1) is 29.1 Å². The van der Waals surface area contributed by atoms with E-state index >= 15 is 0 Å². The third kappa shape index (κ3) is 7.44. The molecule has 1 unspecified atom stereocenters. The maximum Gasteiger partial charge on any atom is 0.226 e. The largest absolute Gasteiger partial charge is 0.508 e. The van der Waals surface area contributed by atoms with Crippen LogP contribution in [0.3, 0.4) is 0 Å². The van der Waals surface area contributed by atoms with Crippen LogP contribution in [0.15, 0.2) is 74.1 Å². The number of aryl methyl sites for hydroxylation is 1. The van der Waals surface area contributed by atoms with Crippen LogP contribution in [0.4, 0.5) is 5.69 Å². The summed E-state index contributed by atoms with van der Waals surface area (Å²) in [7, 11) is 0. The number of aromatic hydroxyl groups is 1. The van der Waals surface area contributed by atoms with Gasteiger partial charge in [0, 0.05) is 49.0 Å². The Morgan fingerprint density at radius 1 is 1.12 bits per heavy atom. The van der Waals surface area contributed by atoms with Crippen LogP contribution in [-0.2, 0) is 27.4 Å². The number of anilines is 1. The molecule has 1 spiro atoms. The molecule has 8 rings (SSSR count). The van der Waals surface area contributed by atoms with E-state index in [0.717, 1.165) is 43.4 Å². The summed E-state index contributed by atoms with van der Waals surface area (Å²) in [6.45, 7) is 4.70. The number of rotatable bonds is 15. The number of hydrogen-bond acceptors (Lipinski definition) is 14. The number of ether oxygens (including phenoxy) is 1. The molecule has 5 aliphatic rings. The molecule has 1 amide bonds. The minimum absolute atomic E-state index is 0.0180. The molecule has 3 aromatic rings. The maximum absolute atomic E-state index is 13.7. The second kappa shape index (κ2) is 16.3. The molecule has 5 heterocycles. The average Bonchev–Trinajstić information content (AvgIpc) is 4.03. The number of phenols is 1. The van der Waals surface area contributed by atoms with Gasteiger partial charge in [-0.2, -0.15) is 0 Å². The smallest absolute Gasteiger partial charge is 0.226 e. The van der Waals surface area contributed by atoms with Gasteiger partial charge in [-0.3, -0.25) is 14.6 Å². The Bertz CT molecular complexity index is 2270. The van der Waals surface area contributed by atoms with Crippen molar-refractivity contribution in [3.63, 3.8) is 0 Å². The number of aliphatic hydroxyl groups is 5. The summed E-state index contributed by atoms with van der Waals surface area (Å²) in [5.41, 5.74) is -0.133. The van der Waals surface area contributed by atoms with Crippen molar-refractivity contribution in [3.8, 4) is 11.5 Å². The fourth-order valence-corrected chi connectivity index (χ4v) is 10.1. The molecule has 2 fully saturated rings. The van der Waals surface area contributed by atoms with Crippen LogP contribution in [0.2, 0.25) is 0 Å². The average molecular weight is 830 g/mol. The van der Waals surface area contributed by atoms with E-state index in [9.17, 15) is 40.2 Å². The summed E-state index contributed by atoms with van der Waals surface area (Å²) in [5, 5.41) is 67.0. The molecule has 1 aliphatic carbocycles. The number of allylic oxidation sites excluding steroid dienone is 1. The lowest BCUT2D eigenvalue weighted by Gasteiger charge is -2.44. The predicted octanol–water partition coefficient (Wildman–Crippen LogP) is 3.40. The van der Waals surface area contributed by atoms with Crippen LogP contribution >= 0.6 is 0 Å².